The summed E-state index contributed by atoms with van der Waals surface area (Å²) < 4.78 is 11.8. The fourth-order valence-electron chi connectivity index (χ4n) is 5.13. The summed E-state index contributed by atoms with van der Waals surface area (Å²) in [6, 6.07) is 14.0. The summed E-state index contributed by atoms with van der Waals surface area (Å²) in [5.41, 5.74) is 7.05. The summed E-state index contributed by atoms with van der Waals surface area (Å²) in [6.45, 7) is 18.9. The first-order valence-electron chi connectivity index (χ1n) is 13.0. The summed E-state index contributed by atoms with van der Waals surface area (Å²) in [4.78, 5) is 0. The Morgan fingerprint density at radius 3 is 1.94 bits per heavy atom. The van der Waals surface area contributed by atoms with Crippen LogP contribution in [0.4, 0.5) is 0 Å². The van der Waals surface area contributed by atoms with Crippen molar-refractivity contribution in [3.8, 4) is 5.75 Å². The molecule has 0 aliphatic rings. The molecule has 0 radical (unpaired) electrons. The minimum atomic E-state index is 0.0243. The topological polar surface area (TPSA) is 18.5 Å². The van der Waals surface area contributed by atoms with Gasteiger partial charge in [-0.25, -0.2) is 0 Å². The van der Waals surface area contributed by atoms with Gasteiger partial charge in [0.15, 0.2) is 0 Å². The molecule has 0 spiro atoms. The SMILES string of the molecule is CCCCOc1ccc(C(CC)(CC)c2ccc(CCC(OC)C(C)(C)C)c(C)c2)cc1C. The van der Waals surface area contributed by atoms with Crippen molar-refractivity contribution in [3.63, 3.8) is 0 Å². The van der Waals surface area contributed by atoms with Crippen molar-refractivity contribution < 1.29 is 9.47 Å². The molecule has 0 saturated carbocycles. The Balaban J connectivity index is 2.31. The fraction of sp³-hybridized carbons (Fsp3) is 0.613. The molecule has 1 unspecified atom stereocenters. The summed E-state index contributed by atoms with van der Waals surface area (Å²) in [7, 11) is 1.84. The molecule has 2 nitrogen and oxygen atoms in total. The van der Waals surface area contributed by atoms with E-state index >= 15 is 0 Å². The van der Waals surface area contributed by atoms with Gasteiger partial charge in [0.05, 0.1) is 12.7 Å². The molecule has 0 saturated heterocycles. The molecule has 0 aromatic heterocycles. The van der Waals surface area contributed by atoms with E-state index in [4.69, 9.17) is 9.47 Å². The van der Waals surface area contributed by atoms with E-state index in [1.165, 1.54) is 27.8 Å². The van der Waals surface area contributed by atoms with Crippen molar-refractivity contribution in [2.45, 2.75) is 105 Å². The Labute approximate surface area is 204 Å². The molecule has 0 amide bonds. The van der Waals surface area contributed by atoms with Crippen molar-refractivity contribution in [3.05, 3.63) is 64.2 Å². The molecule has 0 aliphatic heterocycles. The lowest BCUT2D eigenvalue weighted by Crippen LogP contribution is -2.29. The van der Waals surface area contributed by atoms with Gasteiger partial charge in [0.2, 0.25) is 0 Å². The van der Waals surface area contributed by atoms with E-state index in [9.17, 15) is 0 Å². The first-order valence-corrected chi connectivity index (χ1v) is 13.0. The number of rotatable bonds is 12. The van der Waals surface area contributed by atoms with Gasteiger partial charge in [-0.2, -0.15) is 0 Å². The Hall–Kier alpha value is -1.80. The second kappa shape index (κ2) is 12.1. The van der Waals surface area contributed by atoms with Crippen LogP contribution < -0.4 is 4.74 Å². The number of methoxy groups -OCH3 is 1. The fourth-order valence-corrected chi connectivity index (χ4v) is 5.13. The number of ether oxygens (including phenoxy) is 2. The third-order valence-corrected chi connectivity index (χ3v) is 7.51. The average molecular weight is 453 g/mol. The van der Waals surface area contributed by atoms with Crippen LogP contribution in [0.15, 0.2) is 36.4 Å². The Bertz CT molecular complexity index is 871. The predicted molar refractivity (Wildman–Crippen MR) is 143 cm³/mol. The van der Waals surface area contributed by atoms with E-state index in [1.807, 2.05) is 7.11 Å². The highest BCUT2D eigenvalue weighted by Gasteiger charge is 2.31. The predicted octanol–water partition coefficient (Wildman–Crippen LogP) is 8.58. The van der Waals surface area contributed by atoms with E-state index in [-0.39, 0.29) is 16.9 Å². The number of hydrogen-bond acceptors (Lipinski definition) is 2. The molecule has 184 valence electrons. The first kappa shape index (κ1) is 27.4. The summed E-state index contributed by atoms with van der Waals surface area (Å²) in [5.74, 6) is 1.02. The number of aryl methyl sites for hydroxylation is 3. The van der Waals surface area contributed by atoms with Crippen LogP contribution in [0, 0.1) is 19.3 Å². The monoisotopic (exact) mass is 452 g/mol. The maximum absolute atomic E-state index is 6.02. The van der Waals surface area contributed by atoms with Crippen molar-refractivity contribution in [1.29, 1.82) is 0 Å². The van der Waals surface area contributed by atoms with Crippen LogP contribution in [0.2, 0.25) is 0 Å². The largest absolute Gasteiger partial charge is 0.493 e. The highest BCUT2D eigenvalue weighted by molar-refractivity contribution is 5.47. The number of benzene rings is 2. The second-order valence-corrected chi connectivity index (χ2v) is 10.7. The first-order chi connectivity index (χ1) is 15.6. The molecule has 2 rings (SSSR count). The molecule has 1 atom stereocenters. The van der Waals surface area contributed by atoms with E-state index in [1.54, 1.807) is 0 Å². The van der Waals surface area contributed by atoms with E-state index in [0.717, 1.165) is 50.9 Å². The lowest BCUT2D eigenvalue weighted by atomic mass is 9.69. The highest BCUT2D eigenvalue weighted by atomic mass is 16.5. The molecule has 0 N–H and O–H groups in total. The second-order valence-electron chi connectivity index (χ2n) is 10.7. The zero-order chi connectivity index (χ0) is 24.6. The van der Waals surface area contributed by atoms with E-state index in [0.29, 0.717) is 0 Å². The van der Waals surface area contributed by atoms with Gasteiger partial charge in [0.1, 0.15) is 5.75 Å². The van der Waals surface area contributed by atoms with Gasteiger partial charge in [-0.3, -0.25) is 0 Å². The van der Waals surface area contributed by atoms with Crippen LogP contribution >= 0.6 is 0 Å². The van der Waals surface area contributed by atoms with Crippen molar-refractivity contribution in [2.75, 3.05) is 13.7 Å². The van der Waals surface area contributed by atoms with Crippen molar-refractivity contribution >= 4 is 0 Å². The van der Waals surface area contributed by atoms with Crippen LogP contribution in [0.3, 0.4) is 0 Å². The van der Waals surface area contributed by atoms with Gasteiger partial charge in [-0.05, 0) is 85.3 Å². The molecule has 0 heterocycles. The zero-order valence-corrected chi connectivity index (χ0v) is 22.8. The number of unbranched alkanes of at least 4 members (excludes halogenated alkanes) is 1. The summed E-state index contributed by atoms with van der Waals surface area (Å²) >= 11 is 0. The Morgan fingerprint density at radius 1 is 0.848 bits per heavy atom. The minimum Gasteiger partial charge on any atom is -0.493 e. The third kappa shape index (κ3) is 6.63. The quantitative estimate of drug-likeness (QED) is 0.300. The third-order valence-electron chi connectivity index (χ3n) is 7.51. The normalized spacial score (nSPS) is 13.2. The molecule has 33 heavy (non-hydrogen) atoms. The maximum atomic E-state index is 6.02. The standard InChI is InChI=1S/C31H48O2/c1-10-13-20-33-28-18-17-27(22-24(28)5)31(11-2,12-3)26-16-14-25(23(4)21-26)15-19-29(32-9)30(6,7)8/h14,16-18,21-22,29H,10-13,15,19-20H2,1-9H3. The molecular formula is C31H48O2. The highest BCUT2D eigenvalue weighted by Crippen LogP contribution is 2.41. The Kier molecular flexibility index (Phi) is 10.0. The summed E-state index contributed by atoms with van der Waals surface area (Å²) in [6.07, 6.45) is 6.77. The molecule has 2 aromatic rings. The van der Waals surface area contributed by atoms with Gasteiger partial charge < -0.3 is 9.47 Å². The van der Waals surface area contributed by atoms with Gasteiger partial charge in [0.25, 0.3) is 0 Å². The van der Waals surface area contributed by atoms with Gasteiger partial charge >= 0.3 is 0 Å². The lowest BCUT2D eigenvalue weighted by Gasteiger charge is -2.34. The van der Waals surface area contributed by atoms with Crippen LogP contribution in [-0.4, -0.2) is 19.8 Å². The van der Waals surface area contributed by atoms with E-state index < -0.39 is 0 Å². The van der Waals surface area contributed by atoms with Crippen molar-refractivity contribution in [2.24, 2.45) is 5.41 Å². The lowest BCUT2D eigenvalue weighted by molar-refractivity contribution is 0.0110. The van der Waals surface area contributed by atoms with Crippen LogP contribution in [0.25, 0.3) is 0 Å². The van der Waals surface area contributed by atoms with Crippen molar-refractivity contribution in [1.82, 2.24) is 0 Å². The molecular weight excluding hydrogens is 404 g/mol. The molecule has 0 aliphatic carbocycles. The minimum absolute atomic E-state index is 0.0243. The van der Waals surface area contributed by atoms with Gasteiger partial charge in [0, 0.05) is 12.5 Å². The molecule has 2 aromatic carbocycles. The molecule has 0 fully saturated rings. The maximum Gasteiger partial charge on any atom is 0.122 e. The molecule has 0 bridgehead atoms. The van der Waals surface area contributed by atoms with Crippen LogP contribution in [-0.2, 0) is 16.6 Å². The van der Waals surface area contributed by atoms with E-state index in [2.05, 4.69) is 91.8 Å². The summed E-state index contributed by atoms with van der Waals surface area (Å²) in [5, 5.41) is 0. The number of hydrogen-bond donors (Lipinski definition) is 0. The van der Waals surface area contributed by atoms with Gasteiger partial charge in [-0.1, -0.05) is 78.3 Å². The van der Waals surface area contributed by atoms with Gasteiger partial charge in [-0.15, -0.1) is 0 Å². The van der Waals surface area contributed by atoms with Crippen LogP contribution in [0.1, 0.15) is 101 Å². The van der Waals surface area contributed by atoms with Crippen LogP contribution in [0.5, 0.6) is 5.75 Å². The zero-order valence-electron chi connectivity index (χ0n) is 22.8. The Morgan fingerprint density at radius 2 is 1.45 bits per heavy atom. The molecule has 2 heteroatoms. The average Bonchev–Trinajstić information content (AvgIpc) is 2.77. The smallest absolute Gasteiger partial charge is 0.122 e.